The van der Waals surface area contributed by atoms with Crippen molar-refractivity contribution in [1.82, 2.24) is 10.2 Å². The van der Waals surface area contributed by atoms with Crippen LogP contribution in [0.5, 0.6) is 5.75 Å². The second-order valence-electron chi connectivity index (χ2n) is 4.04. The molecule has 0 amide bonds. The number of hydrogen-bond donors (Lipinski definition) is 0. The minimum Gasteiger partial charge on any atom is -0.497 e. The van der Waals surface area contributed by atoms with Crippen LogP contribution >= 0.6 is 0 Å². The van der Waals surface area contributed by atoms with E-state index in [0.717, 1.165) is 0 Å². The van der Waals surface area contributed by atoms with E-state index in [-0.39, 0.29) is 23.4 Å². The number of nitro groups is 1. The molecule has 8 nitrogen and oxygen atoms in total. The summed E-state index contributed by atoms with van der Waals surface area (Å²) in [5, 5.41) is 18.3. The molecule has 0 aliphatic carbocycles. The van der Waals surface area contributed by atoms with Crippen molar-refractivity contribution in [1.29, 1.82) is 0 Å². The molecule has 3 rings (SSSR count). The highest BCUT2D eigenvalue weighted by molar-refractivity contribution is 5.56. The predicted octanol–water partition coefficient (Wildman–Crippen LogP) is 2.91. The van der Waals surface area contributed by atoms with Gasteiger partial charge in [0.05, 0.1) is 13.2 Å². The molecule has 0 aliphatic heterocycles. The van der Waals surface area contributed by atoms with E-state index in [9.17, 15) is 10.1 Å². The molecule has 0 unspecified atom stereocenters. The zero-order chi connectivity index (χ0) is 14.8. The number of ether oxygens (including phenoxy) is 1. The van der Waals surface area contributed by atoms with Gasteiger partial charge in [-0.3, -0.25) is 10.1 Å². The lowest BCUT2D eigenvalue weighted by Crippen LogP contribution is -1.82. The topological polar surface area (TPSA) is 104 Å². The molecule has 21 heavy (non-hydrogen) atoms. The smallest absolute Gasteiger partial charge is 0.433 e. The lowest BCUT2D eigenvalue weighted by molar-refractivity contribution is -0.401. The third-order valence-electron chi connectivity index (χ3n) is 2.74. The average Bonchev–Trinajstić information content (AvgIpc) is 3.16. The zero-order valence-electron chi connectivity index (χ0n) is 10.8. The van der Waals surface area contributed by atoms with Crippen LogP contribution in [-0.4, -0.2) is 22.2 Å². The van der Waals surface area contributed by atoms with Gasteiger partial charge in [-0.2, -0.15) is 0 Å². The van der Waals surface area contributed by atoms with E-state index in [2.05, 4.69) is 10.2 Å². The first kappa shape index (κ1) is 12.9. The fourth-order valence-corrected chi connectivity index (χ4v) is 1.71. The van der Waals surface area contributed by atoms with Gasteiger partial charge < -0.3 is 13.6 Å². The summed E-state index contributed by atoms with van der Waals surface area (Å²) in [6, 6.07) is 9.69. The number of nitrogens with zero attached hydrogens (tertiary/aromatic N) is 3. The SMILES string of the molecule is COc1ccc(-c2nnc(-c3ccc([N+](=O)[O-])o3)o2)cc1. The van der Waals surface area contributed by atoms with Gasteiger partial charge in [-0.05, 0) is 30.3 Å². The Morgan fingerprint density at radius 2 is 1.76 bits per heavy atom. The molecule has 0 radical (unpaired) electrons. The normalized spacial score (nSPS) is 10.5. The average molecular weight is 287 g/mol. The molecule has 3 aromatic rings. The van der Waals surface area contributed by atoms with Crippen molar-refractivity contribution in [3.63, 3.8) is 0 Å². The molecule has 8 heteroatoms. The van der Waals surface area contributed by atoms with Crippen molar-refractivity contribution in [3.8, 4) is 28.9 Å². The molecule has 1 aromatic carbocycles. The summed E-state index contributed by atoms with van der Waals surface area (Å²) >= 11 is 0. The second kappa shape index (κ2) is 5.08. The van der Waals surface area contributed by atoms with Crippen molar-refractivity contribution in [2.45, 2.75) is 0 Å². The molecular weight excluding hydrogens is 278 g/mol. The molecule has 0 atom stereocenters. The van der Waals surface area contributed by atoms with Gasteiger partial charge in [-0.25, -0.2) is 0 Å². The molecule has 2 aromatic heterocycles. The summed E-state index contributed by atoms with van der Waals surface area (Å²) in [4.78, 5) is 9.93. The summed E-state index contributed by atoms with van der Waals surface area (Å²) in [6.45, 7) is 0. The number of rotatable bonds is 4. The van der Waals surface area contributed by atoms with Crippen LogP contribution in [0.2, 0.25) is 0 Å². The summed E-state index contributed by atoms with van der Waals surface area (Å²) in [5.74, 6) is 0.837. The molecule has 0 N–H and O–H groups in total. The molecule has 0 saturated carbocycles. The maximum Gasteiger partial charge on any atom is 0.433 e. The highest BCUT2D eigenvalue weighted by atomic mass is 16.6. The van der Waals surface area contributed by atoms with Crippen molar-refractivity contribution < 1.29 is 18.5 Å². The Balaban J connectivity index is 1.89. The number of hydrogen-bond acceptors (Lipinski definition) is 7. The van der Waals surface area contributed by atoms with Crippen molar-refractivity contribution in [3.05, 3.63) is 46.5 Å². The first-order chi connectivity index (χ1) is 10.2. The monoisotopic (exact) mass is 287 g/mol. The van der Waals surface area contributed by atoms with Gasteiger partial charge in [-0.1, -0.05) is 0 Å². The number of furan rings is 1. The van der Waals surface area contributed by atoms with Crippen LogP contribution in [0, 0.1) is 10.1 Å². The van der Waals surface area contributed by atoms with E-state index in [1.165, 1.54) is 12.1 Å². The largest absolute Gasteiger partial charge is 0.497 e. The fraction of sp³-hybridized carbons (Fsp3) is 0.0769. The van der Waals surface area contributed by atoms with Gasteiger partial charge in [0.1, 0.15) is 10.7 Å². The molecule has 0 fully saturated rings. The van der Waals surface area contributed by atoms with Gasteiger partial charge >= 0.3 is 5.88 Å². The van der Waals surface area contributed by atoms with Crippen molar-refractivity contribution >= 4 is 5.88 Å². The van der Waals surface area contributed by atoms with Crippen LogP contribution < -0.4 is 4.74 Å². The zero-order valence-corrected chi connectivity index (χ0v) is 10.8. The van der Waals surface area contributed by atoms with E-state index < -0.39 is 4.92 Å². The standard InChI is InChI=1S/C13H9N3O5/c1-19-9-4-2-8(3-5-9)12-14-15-13(21-12)10-6-7-11(20-10)16(17)18/h2-7H,1H3. The minimum atomic E-state index is -0.635. The Labute approximate surface area is 118 Å². The quantitative estimate of drug-likeness (QED) is 0.536. The molecule has 106 valence electrons. The van der Waals surface area contributed by atoms with Crippen molar-refractivity contribution in [2.75, 3.05) is 7.11 Å². The molecule has 2 heterocycles. The van der Waals surface area contributed by atoms with Crippen LogP contribution in [0.3, 0.4) is 0 Å². The van der Waals surface area contributed by atoms with Crippen LogP contribution in [0.25, 0.3) is 23.1 Å². The predicted molar refractivity (Wildman–Crippen MR) is 70.6 cm³/mol. The maximum absolute atomic E-state index is 10.6. The lowest BCUT2D eigenvalue weighted by Gasteiger charge is -1.98. The first-order valence-corrected chi connectivity index (χ1v) is 5.90. The Kier molecular flexibility index (Phi) is 3.11. The van der Waals surface area contributed by atoms with Gasteiger partial charge in [0.2, 0.25) is 5.89 Å². The Morgan fingerprint density at radius 1 is 1.05 bits per heavy atom. The van der Waals surface area contributed by atoms with Crippen LogP contribution in [-0.2, 0) is 0 Å². The van der Waals surface area contributed by atoms with E-state index in [1.54, 1.807) is 31.4 Å². The summed E-state index contributed by atoms with van der Waals surface area (Å²) in [6.07, 6.45) is 0. The van der Waals surface area contributed by atoms with Gasteiger partial charge in [0.25, 0.3) is 5.89 Å². The second-order valence-corrected chi connectivity index (χ2v) is 4.04. The molecular formula is C13H9N3O5. The molecule has 0 aliphatic rings. The number of aromatic nitrogens is 2. The number of benzene rings is 1. The molecule has 0 saturated heterocycles. The maximum atomic E-state index is 10.6. The van der Waals surface area contributed by atoms with E-state index in [0.29, 0.717) is 11.3 Å². The third kappa shape index (κ3) is 2.46. The fourth-order valence-electron chi connectivity index (χ4n) is 1.71. The Morgan fingerprint density at radius 3 is 2.38 bits per heavy atom. The van der Waals surface area contributed by atoms with Gasteiger partial charge in [0, 0.05) is 5.56 Å². The van der Waals surface area contributed by atoms with Crippen LogP contribution in [0.1, 0.15) is 0 Å². The third-order valence-corrected chi connectivity index (χ3v) is 2.74. The summed E-state index contributed by atoms with van der Waals surface area (Å²) < 4.78 is 15.5. The summed E-state index contributed by atoms with van der Waals surface area (Å²) in [7, 11) is 1.57. The summed E-state index contributed by atoms with van der Waals surface area (Å²) in [5.41, 5.74) is 0.704. The highest BCUT2D eigenvalue weighted by Gasteiger charge is 2.18. The van der Waals surface area contributed by atoms with Gasteiger partial charge in [-0.15, -0.1) is 10.2 Å². The van der Waals surface area contributed by atoms with Crippen molar-refractivity contribution in [2.24, 2.45) is 0 Å². The number of methoxy groups -OCH3 is 1. The minimum absolute atomic E-state index is 0.0777. The highest BCUT2D eigenvalue weighted by Crippen LogP contribution is 2.28. The molecule has 0 bridgehead atoms. The Bertz CT molecular complexity index is 775. The Hall–Kier alpha value is -3.16. The van der Waals surface area contributed by atoms with E-state index in [4.69, 9.17) is 13.6 Å². The van der Waals surface area contributed by atoms with E-state index >= 15 is 0 Å². The van der Waals surface area contributed by atoms with E-state index in [1.807, 2.05) is 0 Å². The molecule has 0 spiro atoms. The van der Waals surface area contributed by atoms with Crippen LogP contribution in [0.4, 0.5) is 5.88 Å². The first-order valence-electron chi connectivity index (χ1n) is 5.90. The van der Waals surface area contributed by atoms with Gasteiger partial charge in [0.15, 0.2) is 5.76 Å². The lowest BCUT2D eigenvalue weighted by atomic mass is 10.2. The van der Waals surface area contributed by atoms with Crippen LogP contribution in [0.15, 0.2) is 45.2 Å².